The zero-order valence-electron chi connectivity index (χ0n) is 12.2. The molecule has 1 aliphatic heterocycles. The summed E-state index contributed by atoms with van der Waals surface area (Å²) in [7, 11) is 0. The SMILES string of the molecule is CC(C)(C)OC(=O)Nc1ccc(C2(O)CCNC2)cc1. The fraction of sp³-hybridized carbons (Fsp3) is 0.533. The minimum atomic E-state index is -0.801. The van der Waals surface area contributed by atoms with Crippen LogP contribution >= 0.6 is 0 Å². The van der Waals surface area contributed by atoms with Crippen LogP contribution in [0.15, 0.2) is 24.3 Å². The Morgan fingerprint density at radius 2 is 2.00 bits per heavy atom. The Kier molecular flexibility index (Phi) is 4.01. The van der Waals surface area contributed by atoms with Crippen molar-refractivity contribution in [1.29, 1.82) is 0 Å². The minimum Gasteiger partial charge on any atom is -0.444 e. The summed E-state index contributed by atoms with van der Waals surface area (Å²) in [4.78, 5) is 11.6. The number of hydrogen-bond acceptors (Lipinski definition) is 4. The molecule has 1 aliphatic rings. The number of carbonyl (C=O) groups is 1. The van der Waals surface area contributed by atoms with Gasteiger partial charge in [-0.15, -0.1) is 0 Å². The number of rotatable bonds is 2. The maximum atomic E-state index is 11.6. The van der Waals surface area contributed by atoms with Crippen molar-refractivity contribution in [3.8, 4) is 0 Å². The molecule has 1 fully saturated rings. The maximum absolute atomic E-state index is 11.6. The average Bonchev–Trinajstić information content (AvgIpc) is 2.75. The van der Waals surface area contributed by atoms with E-state index in [0.29, 0.717) is 18.7 Å². The zero-order chi connectivity index (χ0) is 14.8. The highest BCUT2D eigenvalue weighted by Crippen LogP contribution is 2.28. The van der Waals surface area contributed by atoms with E-state index in [1.165, 1.54) is 0 Å². The second-order valence-corrected chi connectivity index (χ2v) is 6.16. The summed E-state index contributed by atoms with van der Waals surface area (Å²) >= 11 is 0. The molecule has 1 saturated heterocycles. The summed E-state index contributed by atoms with van der Waals surface area (Å²) in [6.07, 6.45) is 0.220. The Balaban J connectivity index is 2.00. The molecule has 5 heteroatoms. The van der Waals surface area contributed by atoms with Gasteiger partial charge in [0, 0.05) is 12.2 Å². The quantitative estimate of drug-likeness (QED) is 0.775. The van der Waals surface area contributed by atoms with Gasteiger partial charge in [0.25, 0.3) is 0 Å². The lowest BCUT2D eigenvalue weighted by Crippen LogP contribution is -2.28. The molecule has 2 rings (SSSR count). The summed E-state index contributed by atoms with van der Waals surface area (Å²) in [5.41, 5.74) is 0.189. The van der Waals surface area contributed by atoms with Crippen molar-refractivity contribution in [3.63, 3.8) is 0 Å². The number of hydrogen-bond donors (Lipinski definition) is 3. The normalized spacial score (nSPS) is 22.6. The molecular weight excluding hydrogens is 256 g/mol. The van der Waals surface area contributed by atoms with E-state index in [1.54, 1.807) is 12.1 Å². The van der Waals surface area contributed by atoms with E-state index in [4.69, 9.17) is 4.74 Å². The van der Waals surface area contributed by atoms with E-state index in [2.05, 4.69) is 10.6 Å². The van der Waals surface area contributed by atoms with Gasteiger partial charge in [0.2, 0.25) is 0 Å². The fourth-order valence-corrected chi connectivity index (χ4v) is 2.21. The predicted molar refractivity (Wildman–Crippen MR) is 77.7 cm³/mol. The molecule has 3 N–H and O–H groups in total. The Labute approximate surface area is 119 Å². The Hall–Kier alpha value is -1.59. The number of nitrogens with one attached hydrogen (secondary N) is 2. The Morgan fingerprint density at radius 3 is 2.50 bits per heavy atom. The fourth-order valence-electron chi connectivity index (χ4n) is 2.21. The molecule has 110 valence electrons. The van der Waals surface area contributed by atoms with Gasteiger partial charge < -0.3 is 15.2 Å². The van der Waals surface area contributed by atoms with Gasteiger partial charge in [0.15, 0.2) is 0 Å². The molecule has 1 aromatic rings. The molecular formula is C15H22N2O3. The molecule has 0 saturated carbocycles. The van der Waals surface area contributed by atoms with Gasteiger partial charge in [0.05, 0.1) is 0 Å². The van der Waals surface area contributed by atoms with Gasteiger partial charge in [0.1, 0.15) is 11.2 Å². The monoisotopic (exact) mass is 278 g/mol. The Morgan fingerprint density at radius 1 is 1.35 bits per heavy atom. The predicted octanol–water partition coefficient (Wildman–Crippen LogP) is 2.21. The lowest BCUT2D eigenvalue weighted by atomic mass is 9.93. The number of carbonyl (C=O) groups excluding carboxylic acids is 1. The number of aliphatic hydroxyl groups is 1. The molecule has 0 bridgehead atoms. The lowest BCUT2D eigenvalue weighted by Gasteiger charge is -2.22. The molecule has 1 aromatic carbocycles. The van der Waals surface area contributed by atoms with Crippen LogP contribution < -0.4 is 10.6 Å². The van der Waals surface area contributed by atoms with Crippen molar-refractivity contribution in [3.05, 3.63) is 29.8 Å². The summed E-state index contributed by atoms with van der Waals surface area (Å²) in [5, 5.41) is 16.2. The van der Waals surface area contributed by atoms with Crippen LogP contribution in [0.1, 0.15) is 32.8 Å². The molecule has 1 unspecified atom stereocenters. The first-order valence-electron chi connectivity index (χ1n) is 6.82. The largest absolute Gasteiger partial charge is 0.444 e. The third-order valence-corrected chi connectivity index (χ3v) is 3.20. The summed E-state index contributed by atoms with van der Waals surface area (Å²) in [5.74, 6) is 0. The van der Waals surface area contributed by atoms with Gasteiger partial charge in [-0.3, -0.25) is 5.32 Å². The highest BCUT2D eigenvalue weighted by Gasteiger charge is 2.32. The molecule has 1 atom stereocenters. The van der Waals surface area contributed by atoms with E-state index < -0.39 is 17.3 Å². The molecule has 0 radical (unpaired) electrons. The van der Waals surface area contributed by atoms with Crippen LogP contribution in [0.4, 0.5) is 10.5 Å². The van der Waals surface area contributed by atoms with Crippen LogP contribution in [-0.2, 0) is 10.3 Å². The smallest absolute Gasteiger partial charge is 0.412 e. The third kappa shape index (κ3) is 3.71. The Bertz CT molecular complexity index is 471. The summed E-state index contributed by atoms with van der Waals surface area (Å²) in [6, 6.07) is 7.21. The maximum Gasteiger partial charge on any atom is 0.412 e. The highest BCUT2D eigenvalue weighted by molar-refractivity contribution is 5.84. The number of anilines is 1. The van der Waals surface area contributed by atoms with E-state index in [0.717, 1.165) is 12.1 Å². The van der Waals surface area contributed by atoms with Crippen LogP contribution in [0.25, 0.3) is 0 Å². The molecule has 0 aromatic heterocycles. The van der Waals surface area contributed by atoms with Crippen molar-refractivity contribution >= 4 is 11.8 Å². The summed E-state index contributed by atoms with van der Waals surface area (Å²) in [6.45, 7) is 6.83. The molecule has 1 amide bonds. The molecule has 20 heavy (non-hydrogen) atoms. The number of β-amino-alcohol motifs (C(OH)–C–C–N with tert-alkyl or cyclic N) is 1. The molecule has 0 spiro atoms. The first-order chi connectivity index (χ1) is 9.28. The van der Waals surface area contributed by atoms with Gasteiger partial charge in [-0.2, -0.15) is 0 Å². The first-order valence-corrected chi connectivity index (χ1v) is 6.82. The molecule has 1 heterocycles. The van der Waals surface area contributed by atoms with Crippen molar-refractivity contribution in [1.82, 2.24) is 5.32 Å². The lowest BCUT2D eigenvalue weighted by molar-refractivity contribution is 0.0587. The van der Waals surface area contributed by atoms with Crippen LogP contribution in [0.3, 0.4) is 0 Å². The zero-order valence-corrected chi connectivity index (χ0v) is 12.2. The van der Waals surface area contributed by atoms with Crippen molar-refractivity contribution in [2.75, 3.05) is 18.4 Å². The van der Waals surface area contributed by atoms with E-state index in [9.17, 15) is 9.90 Å². The second kappa shape index (κ2) is 5.42. The second-order valence-electron chi connectivity index (χ2n) is 6.16. The van der Waals surface area contributed by atoms with Gasteiger partial charge >= 0.3 is 6.09 Å². The van der Waals surface area contributed by atoms with Crippen LogP contribution in [0, 0.1) is 0 Å². The number of benzene rings is 1. The number of amides is 1. The first kappa shape index (κ1) is 14.8. The van der Waals surface area contributed by atoms with E-state index >= 15 is 0 Å². The third-order valence-electron chi connectivity index (χ3n) is 3.20. The molecule has 0 aliphatic carbocycles. The highest BCUT2D eigenvalue weighted by atomic mass is 16.6. The van der Waals surface area contributed by atoms with Gasteiger partial charge in [-0.1, -0.05) is 12.1 Å². The van der Waals surface area contributed by atoms with Gasteiger partial charge in [-0.05, 0) is 51.4 Å². The van der Waals surface area contributed by atoms with Crippen LogP contribution in [0.5, 0.6) is 0 Å². The van der Waals surface area contributed by atoms with E-state index in [-0.39, 0.29) is 0 Å². The minimum absolute atomic E-state index is 0.480. The van der Waals surface area contributed by atoms with Crippen molar-refractivity contribution in [2.45, 2.75) is 38.4 Å². The van der Waals surface area contributed by atoms with Crippen LogP contribution in [-0.4, -0.2) is 29.9 Å². The summed E-state index contributed by atoms with van der Waals surface area (Å²) < 4.78 is 5.18. The van der Waals surface area contributed by atoms with Crippen molar-refractivity contribution in [2.24, 2.45) is 0 Å². The van der Waals surface area contributed by atoms with Crippen molar-refractivity contribution < 1.29 is 14.6 Å². The number of ether oxygens (including phenoxy) is 1. The average molecular weight is 278 g/mol. The topological polar surface area (TPSA) is 70.6 Å². The van der Waals surface area contributed by atoms with Crippen LogP contribution in [0.2, 0.25) is 0 Å². The van der Waals surface area contributed by atoms with Gasteiger partial charge in [-0.25, -0.2) is 4.79 Å². The standard InChI is InChI=1S/C15H22N2O3/c1-14(2,3)20-13(18)17-12-6-4-11(5-7-12)15(19)8-9-16-10-15/h4-7,16,19H,8-10H2,1-3H3,(H,17,18). The molecule has 5 nitrogen and oxygen atoms in total. The van der Waals surface area contributed by atoms with E-state index in [1.807, 2.05) is 32.9 Å².